The molecule has 2 rings (SSSR count). The van der Waals surface area contributed by atoms with Gasteiger partial charge in [-0.05, 0) is 56.2 Å². The molecule has 1 aliphatic heterocycles. The maximum atomic E-state index is 12.8. The Bertz CT molecular complexity index is 455. The van der Waals surface area contributed by atoms with E-state index in [4.69, 9.17) is 4.74 Å². The predicted molar refractivity (Wildman–Crippen MR) is 85.2 cm³/mol. The molecule has 22 heavy (non-hydrogen) atoms. The second-order valence-corrected chi connectivity index (χ2v) is 6.07. The zero-order valence-electron chi connectivity index (χ0n) is 13.4. The molecule has 1 fully saturated rings. The van der Waals surface area contributed by atoms with Crippen molar-refractivity contribution in [3.8, 4) is 0 Å². The summed E-state index contributed by atoms with van der Waals surface area (Å²) in [5.74, 6) is -0.0394. The van der Waals surface area contributed by atoms with E-state index in [1.165, 1.54) is 18.6 Å². The van der Waals surface area contributed by atoms with Crippen LogP contribution in [0.4, 0.5) is 4.39 Å². The minimum atomic E-state index is -0.218. The third kappa shape index (κ3) is 5.76. The fourth-order valence-electron chi connectivity index (χ4n) is 2.78. The minimum absolute atomic E-state index is 0.179. The van der Waals surface area contributed by atoms with Crippen molar-refractivity contribution in [1.82, 2.24) is 4.90 Å². The molecular weight excluding hydrogens is 281 g/mol. The first-order chi connectivity index (χ1) is 10.6. The smallest absolute Gasteiger partial charge is 0.222 e. The summed E-state index contributed by atoms with van der Waals surface area (Å²) in [4.78, 5) is 13.9. The average molecular weight is 307 g/mol. The third-order valence-corrected chi connectivity index (χ3v) is 4.26. The van der Waals surface area contributed by atoms with E-state index >= 15 is 0 Å². The van der Waals surface area contributed by atoms with E-state index in [9.17, 15) is 9.18 Å². The number of nitrogens with zero attached hydrogens (tertiary/aromatic N) is 1. The molecule has 0 aromatic heterocycles. The van der Waals surface area contributed by atoms with Crippen molar-refractivity contribution >= 4 is 5.91 Å². The van der Waals surface area contributed by atoms with Crippen LogP contribution in [0.25, 0.3) is 0 Å². The average Bonchev–Trinajstić information content (AvgIpc) is 2.55. The van der Waals surface area contributed by atoms with Crippen molar-refractivity contribution in [1.29, 1.82) is 0 Å². The number of rotatable bonds is 7. The van der Waals surface area contributed by atoms with Crippen LogP contribution < -0.4 is 0 Å². The van der Waals surface area contributed by atoms with E-state index in [2.05, 4.69) is 0 Å². The van der Waals surface area contributed by atoms with Gasteiger partial charge < -0.3 is 9.64 Å². The van der Waals surface area contributed by atoms with Gasteiger partial charge in [0.15, 0.2) is 0 Å². The monoisotopic (exact) mass is 307 g/mol. The van der Waals surface area contributed by atoms with Crippen molar-refractivity contribution in [2.75, 3.05) is 20.2 Å². The Labute approximate surface area is 132 Å². The Balaban J connectivity index is 1.62. The molecule has 0 saturated carbocycles. The maximum absolute atomic E-state index is 12.8. The third-order valence-electron chi connectivity index (χ3n) is 4.26. The number of hydrogen-bond donors (Lipinski definition) is 0. The van der Waals surface area contributed by atoms with Gasteiger partial charge in [0.2, 0.25) is 5.91 Å². The number of aryl methyl sites for hydroxylation is 1. The van der Waals surface area contributed by atoms with E-state index in [1.54, 1.807) is 12.1 Å². The molecule has 1 unspecified atom stereocenters. The molecule has 1 amide bonds. The first kappa shape index (κ1) is 16.9. The number of amides is 1. The van der Waals surface area contributed by atoms with Crippen molar-refractivity contribution in [2.45, 2.75) is 51.0 Å². The summed E-state index contributed by atoms with van der Waals surface area (Å²) >= 11 is 0. The number of carbonyl (C=O) groups is 1. The molecule has 122 valence electrons. The van der Waals surface area contributed by atoms with Gasteiger partial charge in [-0.2, -0.15) is 0 Å². The van der Waals surface area contributed by atoms with Crippen LogP contribution in [0.15, 0.2) is 24.3 Å². The highest BCUT2D eigenvalue weighted by Gasteiger charge is 2.16. The summed E-state index contributed by atoms with van der Waals surface area (Å²) in [5, 5.41) is 0. The Morgan fingerprint density at radius 2 is 2.09 bits per heavy atom. The SMILES string of the molecule is CN(CCC1CCCCO1)C(=O)CCCc1ccc(F)cc1. The highest BCUT2D eigenvalue weighted by atomic mass is 19.1. The fraction of sp³-hybridized carbons (Fsp3) is 0.611. The maximum Gasteiger partial charge on any atom is 0.222 e. The Morgan fingerprint density at radius 1 is 1.32 bits per heavy atom. The van der Waals surface area contributed by atoms with Crippen molar-refractivity contribution in [3.63, 3.8) is 0 Å². The van der Waals surface area contributed by atoms with Crippen LogP contribution in [0.5, 0.6) is 0 Å². The quantitative estimate of drug-likeness (QED) is 0.771. The lowest BCUT2D eigenvalue weighted by Crippen LogP contribution is -2.31. The van der Waals surface area contributed by atoms with Crippen LogP contribution in [0, 0.1) is 5.82 Å². The second kappa shape index (κ2) is 8.89. The van der Waals surface area contributed by atoms with Gasteiger partial charge in [-0.1, -0.05) is 12.1 Å². The lowest BCUT2D eigenvalue weighted by molar-refractivity contribution is -0.130. The Hall–Kier alpha value is -1.42. The molecule has 1 heterocycles. The first-order valence-corrected chi connectivity index (χ1v) is 8.25. The molecule has 1 saturated heterocycles. The zero-order valence-corrected chi connectivity index (χ0v) is 13.4. The molecule has 0 N–H and O–H groups in total. The van der Waals surface area contributed by atoms with Gasteiger partial charge in [0.05, 0.1) is 6.10 Å². The van der Waals surface area contributed by atoms with Crippen LogP contribution in [0.1, 0.15) is 44.1 Å². The highest BCUT2D eigenvalue weighted by Crippen LogP contribution is 2.16. The number of carbonyl (C=O) groups excluding carboxylic acids is 1. The van der Waals surface area contributed by atoms with Gasteiger partial charge in [-0.15, -0.1) is 0 Å². The molecule has 0 radical (unpaired) electrons. The standard InChI is InChI=1S/C18H26FNO2/c1-20(13-12-17-6-2-3-14-22-17)18(21)7-4-5-15-8-10-16(19)11-9-15/h8-11,17H,2-7,12-14H2,1H3. The lowest BCUT2D eigenvalue weighted by Gasteiger charge is -2.25. The van der Waals surface area contributed by atoms with Gasteiger partial charge in [0.1, 0.15) is 5.82 Å². The van der Waals surface area contributed by atoms with Crippen LogP contribution >= 0.6 is 0 Å². The summed E-state index contributed by atoms with van der Waals surface area (Å²) in [6.45, 7) is 1.63. The zero-order chi connectivity index (χ0) is 15.8. The number of benzene rings is 1. The number of ether oxygens (including phenoxy) is 1. The summed E-state index contributed by atoms with van der Waals surface area (Å²) in [5.41, 5.74) is 1.08. The second-order valence-electron chi connectivity index (χ2n) is 6.07. The molecule has 1 aliphatic rings. The van der Waals surface area contributed by atoms with E-state index in [0.717, 1.165) is 50.8 Å². The Morgan fingerprint density at radius 3 is 2.77 bits per heavy atom. The normalized spacial score (nSPS) is 18.2. The van der Waals surface area contributed by atoms with Crippen molar-refractivity contribution in [3.05, 3.63) is 35.6 Å². The number of halogens is 1. The van der Waals surface area contributed by atoms with E-state index in [0.29, 0.717) is 12.5 Å². The first-order valence-electron chi connectivity index (χ1n) is 8.25. The molecular formula is C18H26FNO2. The number of hydrogen-bond acceptors (Lipinski definition) is 2. The Kier molecular flexibility index (Phi) is 6.84. The fourth-order valence-corrected chi connectivity index (χ4v) is 2.78. The molecule has 0 bridgehead atoms. The topological polar surface area (TPSA) is 29.5 Å². The summed E-state index contributed by atoms with van der Waals surface area (Å²) in [6.07, 6.45) is 6.92. The van der Waals surface area contributed by atoms with Crippen LogP contribution in [-0.4, -0.2) is 37.1 Å². The van der Waals surface area contributed by atoms with Crippen LogP contribution in [0.2, 0.25) is 0 Å². The molecule has 0 spiro atoms. The lowest BCUT2D eigenvalue weighted by atomic mass is 10.1. The molecule has 1 atom stereocenters. The van der Waals surface area contributed by atoms with Crippen LogP contribution in [-0.2, 0) is 16.0 Å². The molecule has 1 aromatic carbocycles. The largest absolute Gasteiger partial charge is 0.378 e. The predicted octanol–water partition coefficient (Wildman–Crippen LogP) is 3.57. The summed E-state index contributed by atoms with van der Waals surface area (Å²) in [7, 11) is 1.86. The van der Waals surface area contributed by atoms with Crippen LogP contribution in [0.3, 0.4) is 0 Å². The van der Waals surface area contributed by atoms with Crippen molar-refractivity contribution in [2.24, 2.45) is 0 Å². The molecule has 3 nitrogen and oxygen atoms in total. The molecule has 1 aromatic rings. The summed E-state index contributed by atoms with van der Waals surface area (Å²) in [6, 6.07) is 6.49. The van der Waals surface area contributed by atoms with E-state index in [1.807, 2.05) is 11.9 Å². The molecule has 4 heteroatoms. The van der Waals surface area contributed by atoms with Gasteiger partial charge in [-0.25, -0.2) is 4.39 Å². The van der Waals surface area contributed by atoms with Crippen molar-refractivity contribution < 1.29 is 13.9 Å². The molecule has 0 aliphatic carbocycles. The van der Waals surface area contributed by atoms with Gasteiger partial charge in [0.25, 0.3) is 0 Å². The minimum Gasteiger partial charge on any atom is -0.378 e. The van der Waals surface area contributed by atoms with Gasteiger partial charge in [0, 0.05) is 26.6 Å². The van der Waals surface area contributed by atoms with E-state index in [-0.39, 0.29) is 11.7 Å². The summed E-state index contributed by atoms with van der Waals surface area (Å²) < 4.78 is 18.5. The highest BCUT2D eigenvalue weighted by molar-refractivity contribution is 5.75. The van der Waals surface area contributed by atoms with Gasteiger partial charge >= 0.3 is 0 Å². The van der Waals surface area contributed by atoms with Gasteiger partial charge in [-0.3, -0.25) is 4.79 Å². The van der Waals surface area contributed by atoms with E-state index < -0.39 is 0 Å².